The van der Waals surface area contributed by atoms with Crippen molar-refractivity contribution in [2.45, 2.75) is 38.1 Å². The highest BCUT2D eigenvalue weighted by atomic mass is 32.2. The first-order valence-electron chi connectivity index (χ1n) is 10.5. The minimum absolute atomic E-state index is 0.0774. The van der Waals surface area contributed by atoms with Gasteiger partial charge in [-0.25, -0.2) is 8.42 Å². The summed E-state index contributed by atoms with van der Waals surface area (Å²) in [5.74, 6) is 0.866. The molecule has 2 saturated heterocycles. The zero-order valence-electron chi connectivity index (χ0n) is 17.5. The summed E-state index contributed by atoms with van der Waals surface area (Å²) in [6.07, 6.45) is 6.00. The number of ether oxygens (including phenoxy) is 1. The maximum Gasteiger partial charge on any atom is 0.223 e. The second-order valence-corrected chi connectivity index (χ2v) is 10.0. The number of amides is 1. The fourth-order valence-corrected chi connectivity index (χ4v) is 5.21. The summed E-state index contributed by atoms with van der Waals surface area (Å²) in [5.41, 5.74) is 1.06. The Bertz CT molecular complexity index is 787. The van der Waals surface area contributed by atoms with Gasteiger partial charge in [0.1, 0.15) is 5.75 Å². The van der Waals surface area contributed by atoms with Gasteiger partial charge in [-0.2, -0.15) is 4.31 Å². The van der Waals surface area contributed by atoms with Crippen molar-refractivity contribution < 1.29 is 17.9 Å². The predicted molar refractivity (Wildman–Crippen MR) is 114 cm³/mol. The third-order valence-electron chi connectivity index (χ3n) is 5.90. The van der Waals surface area contributed by atoms with Crippen molar-refractivity contribution in [1.29, 1.82) is 0 Å². The molecule has 162 valence electrons. The van der Waals surface area contributed by atoms with Crippen LogP contribution < -0.4 is 4.74 Å². The molecule has 0 N–H and O–H groups in total. The van der Waals surface area contributed by atoms with Crippen LogP contribution in [0.2, 0.25) is 0 Å². The molecule has 7 nitrogen and oxygen atoms in total. The van der Waals surface area contributed by atoms with Crippen LogP contribution in [0.5, 0.6) is 5.75 Å². The van der Waals surface area contributed by atoms with Gasteiger partial charge in [0, 0.05) is 32.6 Å². The lowest BCUT2D eigenvalue weighted by molar-refractivity contribution is -0.137. The first kappa shape index (κ1) is 22.1. The molecule has 0 bridgehead atoms. The Morgan fingerprint density at radius 1 is 1.21 bits per heavy atom. The summed E-state index contributed by atoms with van der Waals surface area (Å²) in [5, 5.41) is 0. The number of hydrogen-bond donors (Lipinski definition) is 0. The van der Waals surface area contributed by atoms with Gasteiger partial charge < -0.3 is 14.5 Å². The molecular formula is C21H33N3O4S. The highest BCUT2D eigenvalue weighted by molar-refractivity contribution is 7.88. The monoisotopic (exact) mass is 423 g/mol. The van der Waals surface area contributed by atoms with Crippen LogP contribution in [0.1, 0.15) is 31.2 Å². The minimum atomic E-state index is -3.28. The molecule has 0 aliphatic carbocycles. The molecule has 0 radical (unpaired) electrons. The van der Waals surface area contributed by atoms with E-state index in [0.29, 0.717) is 32.5 Å². The average molecular weight is 424 g/mol. The van der Waals surface area contributed by atoms with Crippen LogP contribution in [0.15, 0.2) is 24.3 Å². The van der Waals surface area contributed by atoms with Crippen molar-refractivity contribution in [3.63, 3.8) is 0 Å². The molecule has 2 fully saturated rings. The van der Waals surface area contributed by atoms with Crippen molar-refractivity contribution >= 4 is 15.9 Å². The molecule has 3 rings (SSSR count). The van der Waals surface area contributed by atoms with Crippen LogP contribution in [0.25, 0.3) is 0 Å². The number of sulfonamides is 1. The van der Waals surface area contributed by atoms with Gasteiger partial charge in [0.25, 0.3) is 0 Å². The normalized spacial score (nSPS) is 18.7. The lowest BCUT2D eigenvalue weighted by Crippen LogP contribution is -2.63. The van der Waals surface area contributed by atoms with E-state index in [1.807, 2.05) is 24.3 Å². The van der Waals surface area contributed by atoms with Gasteiger partial charge in [0.15, 0.2) is 0 Å². The van der Waals surface area contributed by atoms with E-state index < -0.39 is 10.0 Å². The summed E-state index contributed by atoms with van der Waals surface area (Å²) in [6.45, 7) is 4.37. The largest absolute Gasteiger partial charge is 0.497 e. The number of likely N-dealkylation sites (tertiary alicyclic amines) is 2. The van der Waals surface area contributed by atoms with E-state index in [4.69, 9.17) is 4.74 Å². The average Bonchev–Trinajstić information content (AvgIpc) is 2.67. The Balaban J connectivity index is 1.46. The molecule has 0 saturated carbocycles. The van der Waals surface area contributed by atoms with Crippen LogP contribution in [-0.2, 0) is 21.2 Å². The Hall–Kier alpha value is -1.64. The number of piperidine rings is 1. The Morgan fingerprint density at radius 2 is 1.93 bits per heavy atom. The van der Waals surface area contributed by atoms with E-state index in [0.717, 1.165) is 30.9 Å². The van der Waals surface area contributed by atoms with Gasteiger partial charge >= 0.3 is 0 Å². The van der Waals surface area contributed by atoms with Gasteiger partial charge in [-0.05, 0) is 50.0 Å². The van der Waals surface area contributed by atoms with E-state index in [2.05, 4.69) is 4.90 Å². The number of methoxy groups -OCH3 is 1. The maximum atomic E-state index is 12.5. The number of aryl methyl sites for hydroxylation is 1. The molecule has 1 aromatic carbocycles. The fraction of sp³-hybridized carbons (Fsp3) is 0.667. The molecule has 2 heterocycles. The van der Waals surface area contributed by atoms with Gasteiger partial charge in [-0.15, -0.1) is 0 Å². The van der Waals surface area contributed by atoms with Gasteiger partial charge in [0.2, 0.25) is 15.9 Å². The highest BCUT2D eigenvalue weighted by Crippen LogP contribution is 2.21. The molecule has 0 aromatic heterocycles. The second kappa shape index (κ2) is 9.91. The topological polar surface area (TPSA) is 70.2 Å². The quantitative estimate of drug-likeness (QED) is 0.603. The molecular weight excluding hydrogens is 390 g/mol. The number of nitrogens with zero attached hydrogens (tertiary/aromatic N) is 3. The first-order valence-corrected chi connectivity index (χ1v) is 12.3. The minimum Gasteiger partial charge on any atom is -0.497 e. The third kappa shape index (κ3) is 6.17. The second-order valence-electron chi connectivity index (χ2n) is 8.08. The molecule has 8 heteroatoms. The molecule has 0 atom stereocenters. The Kier molecular flexibility index (Phi) is 7.54. The predicted octanol–water partition coefficient (Wildman–Crippen LogP) is 1.59. The van der Waals surface area contributed by atoms with E-state index in [-0.39, 0.29) is 11.9 Å². The van der Waals surface area contributed by atoms with Crippen molar-refractivity contribution in [2.75, 3.05) is 52.6 Å². The summed E-state index contributed by atoms with van der Waals surface area (Å²) in [6, 6.07) is 7.63. The van der Waals surface area contributed by atoms with Crippen LogP contribution in [0.3, 0.4) is 0 Å². The molecule has 2 aliphatic heterocycles. The lowest BCUT2D eigenvalue weighted by Gasteiger charge is -2.44. The Labute approximate surface area is 174 Å². The summed E-state index contributed by atoms with van der Waals surface area (Å²) in [7, 11) is -1.65. The fourth-order valence-electron chi connectivity index (χ4n) is 4.12. The summed E-state index contributed by atoms with van der Waals surface area (Å²) in [4.78, 5) is 16.6. The molecule has 2 aliphatic rings. The number of carbonyl (C=O) groups is 1. The van der Waals surface area contributed by atoms with E-state index in [1.165, 1.54) is 25.5 Å². The van der Waals surface area contributed by atoms with Crippen LogP contribution in [-0.4, -0.2) is 87.1 Å². The number of rotatable bonds is 9. The van der Waals surface area contributed by atoms with Crippen LogP contribution in [0, 0.1) is 0 Å². The van der Waals surface area contributed by atoms with E-state index in [9.17, 15) is 13.2 Å². The smallest absolute Gasteiger partial charge is 0.223 e. The van der Waals surface area contributed by atoms with Crippen molar-refractivity contribution in [1.82, 2.24) is 14.1 Å². The van der Waals surface area contributed by atoms with Gasteiger partial charge in [-0.1, -0.05) is 18.6 Å². The maximum absolute atomic E-state index is 12.5. The zero-order valence-corrected chi connectivity index (χ0v) is 18.4. The number of hydrogen-bond acceptors (Lipinski definition) is 5. The van der Waals surface area contributed by atoms with Crippen molar-refractivity contribution in [3.8, 4) is 5.75 Å². The summed E-state index contributed by atoms with van der Waals surface area (Å²) >= 11 is 0. The standard InChI is InChI=1S/C21H33N3O4S/c1-28-20-8-6-7-18(15-20)9-10-21(25)23-16-19(17-23)24(29(2,26)27)14-13-22-11-4-3-5-12-22/h6-8,15,19H,3-5,9-14,16-17H2,1-2H3. The van der Waals surface area contributed by atoms with Crippen molar-refractivity contribution in [3.05, 3.63) is 29.8 Å². The van der Waals surface area contributed by atoms with E-state index >= 15 is 0 Å². The zero-order chi connectivity index (χ0) is 20.9. The van der Waals surface area contributed by atoms with Crippen molar-refractivity contribution in [2.24, 2.45) is 0 Å². The molecule has 0 spiro atoms. The van der Waals surface area contributed by atoms with E-state index in [1.54, 1.807) is 16.3 Å². The Morgan fingerprint density at radius 3 is 2.59 bits per heavy atom. The molecule has 1 amide bonds. The summed E-state index contributed by atoms with van der Waals surface area (Å²) < 4.78 is 31.4. The lowest BCUT2D eigenvalue weighted by atomic mass is 10.1. The molecule has 0 unspecified atom stereocenters. The number of benzene rings is 1. The first-order chi connectivity index (χ1) is 13.9. The third-order valence-corrected chi connectivity index (χ3v) is 7.23. The number of carbonyl (C=O) groups excluding carboxylic acids is 1. The van der Waals surface area contributed by atoms with Crippen LogP contribution >= 0.6 is 0 Å². The van der Waals surface area contributed by atoms with Crippen LogP contribution in [0.4, 0.5) is 0 Å². The highest BCUT2D eigenvalue weighted by Gasteiger charge is 2.38. The molecule has 1 aromatic rings. The van der Waals surface area contributed by atoms with Gasteiger partial charge in [0.05, 0.1) is 19.4 Å². The SMILES string of the molecule is COc1cccc(CCC(=O)N2CC(N(CCN3CCCCC3)S(C)(=O)=O)C2)c1. The van der Waals surface area contributed by atoms with Gasteiger partial charge in [-0.3, -0.25) is 4.79 Å². The molecule has 29 heavy (non-hydrogen) atoms.